The fourth-order valence-electron chi connectivity index (χ4n) is 1.98. The van der Waals surface area contributed by atoms with Crippen molar-refractivity contribution in [3.8, 4) is 0 Å². The van der Waals surface area contributed by atoms with Crippen LogP contribution < -0.4 is 5.32 Å². The minimum Gasteiger partial charge on any atom is -0.468 e. The average molecular weight is 209 g/mol. The van der Waals surface area contributed by atoms with Crippen molar-refractivity contribution in [3.05, 3.63) is 24.2 Å². The molecule has 1 aromatic rings. The molecule has 0 aromatic carbocycles. The normalized spacial score (nSPS) is 28.1. The van der Waals surface area contributed by atoms with Crippen molar-refractivity contribution in [2.24, 2.45) is 0 Å². The summed E-state index contributed by atoms with van der Waals surface area (Å²) in [6, 6.07) is 4.18. The number of ether oxygens (including phenoxy) is 1. The Bertz CT molecular complexity index is 284. The van der Waals surface area contributed by atoms with E-state index in [4.69, 9.17) is 9.15 Å². The molecule has 2 rings (SSSR count). The summed E-state index contributed by atoms with van der Waals surface area (Å²) in [6.07, 6.45) is 4.86. The smallest absolute Gasteiger partial charge is 0.120 e. The second kappa shape index (κ2) is 4.81. The standard InChI is InChI=1S/C12H19NO2/c1-9-5-6-11(15-9)8-13-10(2)12-4-3-7-14-12/h3-4,7,9-11,13H,5-6,8H2,1-2H3/t9?,10-,11?/m0/s1. The number of hydrogen-bond donors (Lipinski definition) is 1. The van der Waals surface area contributed by atoms with Crippen LogP contribution in [0.15, 0.2) is 22.8 Å². The van der Waals surface area contributed by atoms with Gasteiger partial charge in [0.1, 0.15) is 5.76 Å². The molecule has 1 aromatic heterocycles. The van der Waals surface area contributed by atoms with Crippen molar-refractivity contribution < 1.29 is 9.15 Å². The summed E-state index contributed by atoms with van der Waals surface area (Å²) in [5, 5.41) is 3.43. The van der Waals surface area contributed by atoms with E-state index in [1.807, 2.05) is 12.1 Å². The predicted molar refractivity (Wildman–Crippen MR) is 58.7 cm³/mol. The maximum atomic E-state index is 5.74. The fourth-order valence-corrected chi connectivity index (χ4v) is 1.98. The first-order valence-electron chi connectivity index (χ1n) is 5.68. The van der Waals surface area contributed by atoms with Crippen molar-refractivity contribution in [1.29, 1.82) is 0 Å². The lowest BCUT2D eigenvalue weighted by atomic mass is 10.2. The summed E-state index contributed by atoms with van der Waals surface area (Å²) < 4.78 is 11.1. The Morgan fingerprint density at radius 2 is 2.40 bits per heavy atom. The van der Waals surface area contributed by atoms with Crippen LogP contribution in [0.3, 0.4) is 0 Å². The van der Waals surface area contributed by atoms with Gasteiger partial charge < -0.3 is 14.5 Å². The molecule has 1 N–H and O–H groups in total. The highest BCUT2D eigenvalue weighted by Gasteiger charge is 2.22. The van der Waals surface area contributed by atoms with Gasteiger partial charge in [-0.25, -0.2) is 0 Å². The molecule has 84 valence electrons. The first kappa shape index (κ1) is 10.7. The zero-order chi connectivity index (χ0) is 10.7. The van der Waals surface area contributed by atoms with Gasteiger partial charge >= 0.3 is 0 Å². The van der Waals surface area contributed by atoms with E-state index in [-0.39, 0.29) is 6.04 Å². The van der Waals surface area contributed by atoms with Gasteiger partial charge in [-0.05, 0) is 38.8 Å². The van der Waals surface area contributed by atoms with Crippen LogP contribution in [0, 0.1) is 0 Å². The van der Waals surface area contributed by atoms with E-state index in [9.17, 15) is 0 Å². The summed E-state index contributed by atoms with van der Waals surface area (Å²) in [4.78, 5) is 0. The molecule has 3 atom stereocenters. The first-order chi connectivity index (χ1) is 7.25. The summed E-state index contributed by atoms with van der Waals surface area (Å²) in [7, 11) is 0. The average Bonchev–Trinajstić information content (AvgIpc) is 2.84. The van der Waals surface area contributed by atoms with Crippen LogP contribution in [-0.2, 0) is 4.74 Å². The molecule has 2 heterocycles. The van der Waals surface area contributed by atoms with Crippen molar-refractivity contribution in [1.82, 2.24) is 5.32 Å². The lowest BCUT2D eigenvalue weighted by molar-refractivity contribution is 0.0542. The molecule has 0 aliphatic carbocycles. The molecule has 0 bridgehead atoms. The van der Waals surface area contributed by atoms with Gasteiger partial charge in [0.2, 0.25) is 0 Å². The van der Waals surface area contributed by atoms with E-state index in [0.717, 1.165) is 12.3 Å². The fraction of sp³-hybridized carbons (Fsp3) is 0.667. The van der Waals surface area contributed by atoms with Crippen LogP contribution in [0.2, 0.25) is 0 Å². The van der Waals surface area contributed by atoms with Gasteiger partial charge in [-0.15, -0.1) is 0 Å². The van der Waals surface area contributed by atoms with Crippen LogP contribution in [0.5, 0.6) is 0 Å². The Morgan fingerprint density at radius 1 is 1.53 bits per heavy atom. The van der Waals surface area contributed by atoms with Gasteiger partial charge in [0.25, 0.3) is 0 Å². The van der Waals surface area contributed by atoms with Crippen LogP contribution in [0.4, 0.5) is 0 Å². The summed E-state index contributed by atoms with van der Waals surface area (Å²) in [6.45, 7) is 5.15. The molecule has 0 spiro atoms. The van der Waals surface area contributed by atoms with Crippen LogP contribution in [0.25, 0.3) is 0 Å². The summed E-state index contributed by atoms with van der Waals surface area (Å²) in [5.74, 6) is 0.987. The van der Waals surface area contributed by atoms with Gasteiger partial charge in [0.15, 0.2) is 0 Å². The van der Waals surface area contributed by atoms with Gasteiger partial charge in [0, 0.05) is 6.54 Å². The lowest BCUT2D eigenvalue weighted by Gasteiger charge is -2.15. The largest absolute Gasteiger partial charge is 0.468 e. The van der Waals surface area contributed by atoms with Crippen molar-refractivity contribution in [2.45, 2.75) is 44.9 Å². The lowest BCUT2D eigenvalue weighted by Crippen LogP contribution is -2.28. The zero-order valence-electron chi connectivity index (χ0n) is 9.40. The van der Waals surface area contributed by atoms with Gasteiger partial charge in [-0.3, -0.25) is 0 Å². The quantitative estimate of drug-likeness (QED) is 0.827. The Labute approximate surface area is 90.8 Å². The topological polar surface area (TPSA) is 34.4 Å². The first-order valence-corrected chi connectivity index (χ1v) is 5.68. The Morgan fingerprint density at radius 3 is 3.00 bits per heavy atom. The molecule has 0 saturated carbocycles. The highest BCUT2D eigenvalue weighted by molar-refractivity contribution is 5.02. The number of rotatable bonds is 4. The molecule has 1 fully saturated rings. The molecule has 0 amide bonds. The summed E-state index contributed by atoms with van der Waals surface area (Å²) >= 11 is 0. The Balaban J connectivity index is 1.74. The maximum Gasteiger partial charge on any atom is 0.120 e. The molecule has 3 nitrogen and oxygen atoms in total. The van der Waals surface area contributed by atoms with Gasteiger partial charge in [-0.2, -0.15) is 0 Å². The van der Waals surface area contributed by atoms with E-state index in [0.29, 0.717) is 12.2 Å². The number of hydrogen-bond acceptors (Lipinski definition) is 3. The second-order valence-corrected chi connectivity index (χ2v) is 4.29. The monoisotopic (exact) mass is 209 g/mol. The molecule has 15 heavy (non-hydrogen) atoms. The molecule has 0 radical (unpaired) electrons. The number of furan rings is 1. The van der Waals surface area contributed by atoms with E-state index in [1.165, 1.54) is 12.8 Å². The molecule has 2 unspecified atom stereocenters. The third-order valence-electron chi connectivity index (χ3n) is 2.94. The van der Waals surface area contributed by atoms with Crippen LogP contribution in [0.1, 0.15) is 38.5 Å². The van der Waals surface area contributed by atoms with Gasteiger partial charge in [-0.1, -0.05) is 0 Å². The Kier molecular flexibility index (Phi) is 3.44. The van der Waals surface area contributed by atoms with E-state index in [1.54, 1.807) is 6.26 Å². The molecule has 1 aliphatic rings. The Hall–Kier alpha value is -0.800. The highest BCUT2D eigenvalue weighted by Crippen LogP contribution is 2.19. The highest BCUT2D eigenvalue weighted by atomic mass is 16.5. The predicted octanol–water partition coefficient (Wildman–Crippen LogP) is 2.50. The van der Waals surface area contributed by atoms with Crippen molar-refractivity contribution in [3.63, 3.8) is 0 Å². The van der Waals surface area contributed by atoms with Crippen molar-refractivity contribution in [2.75, 3.05) is 6.54 Å². The molecular formula is C12H19NO2. The van der Waals surface area contributed by atoms with E-state index in [2.05, 4.69) is 19.2 Å². The SMILES string of the molecule is CC1CCC(CN[C@@H](C)c2ccco2)O1. The van der Waals surface area contributed by atoms with E-state index < -0.39 is 0 Å². The molecule has 1 saturated heterocycles. The molecule has 1 aliphatic heterocycles. The zero-order valence-corrected chi connectivity index (χ0v) is 9.40. The minimum atomic E-state index is 0.263. The summed E-state index contributed by atoms with van der Waals surface area (Å²) in [5.41, 5.74) is 0. The second-order valence-electron chi connectivity index (χ2n) is 4.29. The minimum absolute atomic E-state index is 0.263. The van der Waals surface area contributed by atoms with Gasteiger partial charge in [0.05, 0.1) is 24.5 Å². The third-order valence-corrected chi connectivity index (χ3v) is 2.94. The molecule has 3 heteroatoms. The maximum absolute atomic E-state index is 5.74. The van der Waals surface area contributed by atoms with Crippen LogP contribution in [-0.4, -0.2) is 18.8 Å². The van der Waals surface area contributed by atoms with Crippen molar-refractivity contribution >= 4 is 0 Å². The van der Waals surface area contributed by atoms with E-state index >= 15 is 0 Å². The third kappa shape index (κ3) is 2.83. The molecular weight excluding hydrogens is 190 g/mol. The van der Waals surface area contributed by atoms with Crippen LogP contribution >= 0.6 is 0 Å². The number of nitrogens with one attached hydrogen (secondary N) is 1.